The Morgan fingerprint density at radius 3 is 2.50 bits per heavy atom. The van der Waals surface area contributed by atoms with Gasteiger partial charge in [-0.1, -0.05) is 25.7 Å². The molecule has 0 bridgehead atoms. The first-order chi connectivity index (χ1) is 8.59. The Morgan fingerprint density at radius 1 is 1.28 bits per heavy atom. The van der Waals surface area contributed by atoms with Crippen LogP contribution in [0, 0.1) is 5.92 Å². The van der Waals surface area contributed by atoms with Crippen LogP contribution >= 0.6 is 0 Å². The summed E-state index contributed by atoms with van der Waals surface area (Å²) >= 11 is 0. The lowest BCUT2D eigenvalue weighted by molar-refractivity contribution is 0.00705. The number of urea groups is 1. The van der Waals surface area contributed by atoms with Crippen LogP contribution in [-0.4, -0.2) is 29.3 Å². The number of hydrogen-bond acceptors (Lipinski definition) is 2. The number of hydrogen-bond donors (Lipinski definition) is 3. The molecule has 0 heterocycles. The molecule has 0 spiro atoms. The van der Waals surface area contributed by atoms with E-state index in [2.05, 4.69) is 17.6 Å². The Hall–Kier alpha value is -0.770. The number of carbonyl (C=O) groups is 1. The fourth-order valence-corrected chi connectivity index (χ4v) is 2.95. The Morgan fingerprint density at radius 2 is 1.94 bits per heavy atom. The van der Waals surface area contributed by atoms with Crippen LogP contribution in [0.5, 0.6) is 0 Å². The molecule has 0 aromatic rings. The minimum atomic E-state index is -0.671. The van der Waals surface area contributed by atoms with Gasteiger partial charge in [-0.15, -0.1) is 0 Å². The lowest BCUT2D eigenvalue weighted by Crippen LogP contribution is -2.50. The monoisotopic (exact) mass is 254 g/mol. The van der Waals surface area contributed by atoms with E-state index in [1.165, 1.54) is 25.7 Å². The van der Waals surface area contributed by atoms with Gasteiger partial charge in [-0.05, 0) is 38.5 Å². The average molecular weight is 254 g/mol. The number of amides is 2. The molecule has 1 unspecified atom stereocenters. The topological polar surface area (TPSA) is 61.4 Å². The minimum absolute atomic E-state index is 0.131. The Balaban J connectivity index is 1.67. The van der Waals surface area contributed by atoms with Gasteiger partial charge < -0.3 is 15.7 Å². The molecule has 0 radical (unpaired) electrons. The van der Waals surface area contributed by atoms with Crippen LogP contribution in [0.2, 0.25) is 0 Å². The Labute approximate surface area is 110 Å². The Bertz CT molecular complexity index is 284. The van der Waals surface area contributed by atoms with Crippen molar-refractivity contribution in [3.63, 3.8) is 0 Å². The summed E-state index contributed by atoms with van der Waals surface area (Å²) in [4.78, 5) is 11.7. The molecule has 4 heteroatoms. The quantitative estimate of drug-likeness (QED) is 0.720. The molecule has 4 nitrogen and oxygen atoms in total. The number of aliphatic hydroxyl groups is 1. The van der Waals surface area contributed by atoms with Crippen molar-refractivity contribution in [2.75, 3.05) is 6.54 Å². The maximum atomic E-state index is 11.7. The molecule has 18 heavy (non-hydrogen) atoms. The zero-order valence-corrected chi connectivity index (χ0v) is 11.4. The zero-order valence-electron chi connectivity index (χ0n) is 11.4. The van der Waals surface area contributed by atoms with Gasteiger partial charge in [0.1, 0.15) is 0 Å². The first kappa shape index (κ1) is 13.7. The Kier molecular flexibility index (Phi) is 4.49. The van der Waals surface area contributed by atoms with Crippen LogP contribution < -0.4 is 10.6 Å². The smallest absolute Gasteiger partial charge is 0.315 e. The lowest BCUT2D eigenvalue weighted by Gasteiger charge is -2.34. The maximum Gasteiger partial charge on any atom is 0.315 e. The van der Waals surface area contributed by atoms with Crippen molar-refractivity contribution in [2.45, 2.75) is 69.9 Å². The molecule has 0 aromatic heterocycles. The van der Waals surface area contributed by atoms with E-state index >= 15 is 0 Å². The van der Waals surface area contributed by atoms with Gasteiger partial charge in [0.2, 0.25) is 0 Å². The van der Waals surface area contributed by atoms with Gasteiger partial charge in [0.15, 0.2) is 0 Å². The molecule has 0 saturated heterocycles. The SMILES string of the molecule is CC(NC(=O)NCC1(O)CCCCC1)C1CCC1. The molecule has 2 amide bonds. The predicted molar refractivity (Wildman–Crippen MR) is 71.4 cm³/mol. The lowest BCUT2D eigenvalue weighted by atomic mass is 9.80. The van der Waals surface area contributed by atoms with Crippen LogP contribution in [-0.2, 0) is 0 Å². The zero-order chi connectivity index (χ0) is 13.0. The highest BCUT2D eigenvalue weighted by atomic mass is 16.3. The van der Waals surface area contributed by atoms with E-state index in [0.29, 0.717) is 12.5 Å². The van der Waals surface area contributed by atoms with Crippen molar-refractivity contribution in [2.24, 2.45) is 5.92 Å². The summed E-state index contributed by atoms with van der Waals surface area (Å²) in [6.07, 6.45) is 8.70. The summed E-state index contributed by atoms with van der Waals surface area (Å²) in [6, 6.07) is 0.119. The highest BCUT2D eigenvalue weighted by molar-refractivity contribution is 5.74. The first-order valence-electron chi connectivity index (χ1n) is 7.36. The second kappa shape index (κ2) is 5.91. The standard InChI is InChI=1S/C14H26N2O2/c1-11(12-6-5-7-12)16-13(17)15-10-14(18)8-3-2-4-9-14/h11-12,18H,2-10H2,1H3,(H2,15,16,17). The summed E-state index contributed by atoms with van der Waals surface area (Å²) in [7, 11) is 0. The van der Waals surface area contributed by atoms with E-state index in [1.807, 2.05) is 0 Å². The van der Waals surface area contributed by atoms with Crippen LogP contribution in [0.15, 0.2) is 0 Å². The van der Waals surface area contributed by atoms with Crippen molar-refractivity contribution in [3.8, 4) is 0 Å². The molecule has 1 atom stereocenters. The van der Waals surface area contributed by atoms with E-state index in [9.17, 15) is 9.90 Å². The fourth-order valence-electron chi connectivity index (χ4n) is 2.95. The maximum absolute atomic E-state index is 11.7. The second-order valence-electron chi connectivity index (χ2n) is 6.09. The van der Waals surface area contributed by atoms with E-state index in [-0.39, 0.29) is 12.1 Å². The van der Waals surface area contributed by atoms with Gasteiger partial charge in [-0.2, -0.15) is 0 Å². The molecule has 0 aliphatic heterocycles. The van der Waals surface area contributed by atoms with Crippen molar-refractivity contribution >= 4 is 6.03 Å². The average Bonchev–Trinajstić information content (AvgIpc) is 2.25. The number of nitrogens with one attached hydrogen (secondary N) is 2. The molecule has 2 fully saturated rings. The summed E-state index contributed by atoms with van der Waals surface area (Å²) in [5.74, 6) is 0.647. The van der Waals surface area contributed by atoms with Gasteiger partial charge in [-0.25, -0.2) is 4.79 Å². The van der Waals surface area contributed by atoms with E-state index < -0.39 is 5.60 Å². The second-order valence-corrected chi connectivity index (χ2v) is 6.09. The van der Waals surface area contributed by atoms with Crippen LogP contribution in [0.4, 0.5) is 4.79 Å². The molecule has 104 valence electrons. The summed E-state index contributed by atoms with van der Waals surface area (Å²) < 4.78 is 0. The van der Waals surface area contributed by atoms with E-state index in [1.54, 1.807) is 0 Å². The predicted octanol–water partition coefficient (Wildman–Crippen LogP) is 2.17. The van der Waals surface area contributed by atoms with Gasteiger partial charge in [0.05, 0.1) is 5.60 Å². The molecule has 2 aliphatic rings. The number of rotatable bonds is 4. The van der Waals surface area contributed by atoms with Crippen LogP contribution in [0.3, 0.4) is 0 Å². The fraction of sp³-hybridized carbons (Fsp3) is 0.929. The molecular formula is C14H26N2O2. The van der Waals surface area contributed by atoms with E-state index in [0.717, 1.165) is 25.7 Å². The molecule has 0 aromatic carbocycles. The first-order valence-corrected chi connectivity index (χ1v) is 7.36. The largest absolute Gasteiger partial charge is 0.388 e. The van der Waals surface area contributed by atoms with Gasteiger partial charge in [-0.3, -0.25) is 0 Å². The van der Waals surface area contributed by atoms with Gasteiger partial charge in [0, 0.05) is 12.6 Å². The van der Waals surface area contributed by atoms with Crippen LogP contribution in [0.1, 0.15) is 58.3 Å². The minimum Gasteiger partial charge on any atom is -0.388 e. The summed E-state index contributed by atoms with van der Waals surface area (Å²) in [5.41, 5.74) is -0.671. The number of carbonyl (C=O) groups excluding carboxylic acids is 1. The van der Waals surface area contributed by atoms with Crippen molar-refractivity contribution in [3.05, 3.63) is 0 Å². The summed E-state index contributed by atoms with van der Waals surface area (Å²) in [5, 5.41) is 16.1. The van der Waals surface area contributed by atoms with Gasteiger partial charge in [0.25, 0.3) is 0 Å². The van der Waals surface area contributed by atoms with Crippen molar-refractivity contribution in [1.29, 1.82) is 0 Å². The molecular weight excluding hydrogens is 228 g/mol. The third-order valence-electron chi connectivity index (χ3n) is 4.58. The molecule has 2 rings (SSSR count). The van der Waals surface area contributed by atoms with Crippen LogP contribution in [0.25, 0.3) is 0 Å². The van der Waals surface area contributed by atoms with Gasteiger partial charge >= 0.3 is 6.03 Å². The molecule has 2 aliphatic carbocycles. The molecule has 2 saturated carbocycles. The third-order valence-corrected chi connectivity index (χ3v) is 4.58. The van der Waals surface area contributed by atoms with Crippen molar-refractivity contribution < 1.29 is 9.90 Å². The third kappa shape index (κ3) is 3.61. The van der Waals surface area contributed by atoms with E-state index in [4.69, 9.17) is 0 Å². The highest BCUT2D eigenvalue weighted by Crippen LogP contribution is 2.29. The van der Waals surface area contributed by atoms with Crippen molar-refractivity contribution in [1.82, 2.24) is 10.6 Å². The normalized spacial score (nSPS) is 25.0. The summed E-state index contributed by atoms with van der Waals surface area (Å²) in [6.45, 7) is 2.45. The molecule has 3 N–H and O–H groups in total. The highest BCUT2D eigenvalue weighted by Gasteiger charge is 2.30.